The highest BCUT2D eigenvalue weighted by Gasteiger charge is 2.31. The van der Waals surface area contributed by atoms with Crippen LogP contribution in [0.4, 0.5) is 0 Å². The smallest absolute Gasteiger partial charge is 0.205 e. The first kappa shape index (κ1) is 19.3. The zero-order chi connectivity index (χ0) is 18.6. The monoisotopic (exact) mass is 356 g/mol. The molecule has 2 aromatic rings. The van der Waals surface area contributed by atoms with Crippen LogP contribution in [0.3, 0.4) is 0 Å². The molecule has 4 nitrogen and oxygen atoms in total. The summed E-state index contributed by atoms with van der Waals surface area (Å²) in [6.45, 7) is 10.8. The summed E-state index contributed by atoms with van der Waals surface area (Å²) in [5.74, 6) is 0.726. The zero-order valence-corrected chi connectivity index (χ0v) is 16.8. The minimum Gasteiger partial charge on any atom is -0.496 e. The van der Waals surface area contributed by atoms with Crippen molar-refractivity contribution in [3.63, 3.8) is 0 Å². The quantitative estimate of drug-likeness (QED) is 0.544. The molecule has 1 radical (unpaired) electrons. The SMILES string of the molecule is COc1ccc(C=O)cc1-c1ccncc1C(O[Si](C)C)C(C)(C)C. The normalized spacial score (nSPS) is 12.9. The van der Waals surface area contributed by atoms with Crippen LogP contribution in [-0.4, -0.2) is 27.4 Å². The molecule has 0 aliphatic carbocycles. The van der Waals surface area contributed by atoms with Gasteiger partial charge in [0.15, 0.2) is 0 Å². The lowest BCUT2D eigenvalue weighted by molar-refractivity contribution is 0.0868. The van der Waals surface area contributed by atoms with Crippen molar-refractivity contribution in [1.29, 1.82) is 0 Å². The summed E-state index contributed by atoms with van der Waals surface area (Å²) in [5, 5.41) is 0. The van der Waals surface area contributed by atoms with E-state index in [-0.39, 0.29) is 11.5 Å². The van der Waals surface area contributed by atoms with Gasteiger partial charge in [-0.1, -0.05) is 20.8 Å². The molecule has 0 fully saturated rings. The number of nitrogens with zero attached hydrogens (tertiary/aromatic N) is 1. The number of aromatic nitrogens is 1. The molecule has 1 unspecified atom stereocenters. The molecule has 0 saturated heterocycles. The predicted molar refractivity (Wildman–Crippen MR) is 102 cm³/mol. The van der Waals surface area contributed by atoms with Crippen LogP contribution in [0.1, 0.15) is 42.8 Å². The third-order valence-electron chi connectivity index (χ3n) is 3.92. The number of hydrogen-bond donors (Lipinski definition) is 0. The summed E-state index contributed by atoms with van der Waals surface area (Å²) in [6, 6.07) is 7.40. The molecular weight excluding hydrogens is 330 g/mol. The average molecular weight is 357 g/mol. The summed E-state index contributed by atoms with van der Waals surface area (Å²) in [4.78, 5) is 15.6. The Morgan fingerprint density at radius 2 is 1.88 bits per heavy atom. The van der Waals surface area contributed by atoms with Crippen molar-refractivity contribution in [3.8, 4) is 16.9 Å². The van der Waals surface area contributed by atoms with Crippen LogP contribution in [0.2, 0.25) is 13.1 Å². The third kappa shape index (κ3) is 4.55. The largest absolute Gasteiger partial charge is 0.496 e. The van der Waals surface area contributed by atoms with Crippen molar-refractivity contribution in [2.45, 2.75) is 40.0 Å². The summed E-state index contributed by atoms with van der Waals surface area (Å²) in [7, 11) is 0.732. The molecule has 1 atom stereocenters. The van der Waals surface area contributed by atoms with E-state index in [9.17, 15) is 4.79 Å². The van der Waals surface area contributed by atoms with Gasteiger partial charge < -0.3 is 9.16 Å². The van der Waals surface area contributed by atoms with Gasteiger partial charge in [-0.3, -0.25) is 9.78 Å². The molecular formula is C20H26NO3Si. The first-order valence-corrected chi connectivity index (χ1v) is 10.7. The van der Waals surface area contributed by atoms with E-state index in [2.05, 4.69) is 38.8 Å². The lowest BCUT2D eigenvalue weighted by Gasteiger charge is -2.34. The van der Waals surface area contributed by atoms with E-state index >= 15 is 0 Å². The van der Waals surface area contributed by atoms with Crippen molar-refractivity contribution in [2.75, 3.05) is 7.11 Å². The maximum atomic E-state index is 11.2. The fraction of sp³-hybridized carbons (Fsp3) is 0.400. The number of pyridine rings is 1. The summed E-state index contributed by atoms with van der Waals surface area (Å²) in [5.41, 5.74) is 3.40. The standard InChI is InChI=1S/C20H26NO3Si/c1-20(2,3)19(24-25(5)6)17-12-21-10-9-15(17)16-11-14(13-22)7-8-18(16)23-4/h7-13,19H,1-6H3. The number of rotatable bonds is 6. The van der Waals surface area contributed by atoms with Gasteiger partial charge in [-0.25, -0.2) is 0 Å². The minimum absolute atomic E-state index is 0.0881. The maximum absolute atomic E-state index is 11.2. The van der Waals surface area contributed by atoms with Gasteiger partial charge in [0, 0.05) is 29.1 Å². The number of benzene rings is 1. The van der Waals surface area contributed by atoms with Gasteiger partial charge in [-0.15, -0.1) is 0 Å². The van der Waals surface area contributed by atoms with E-state index in [1.807, 2.05) is 24.4 Å². The number of ether oxygens (including phenoxy) is 1. The number of carbonyl (C=O) groups excluding carboxylic acids is 1. The Morgan fingerprint density at radius 1 is 1.16 bits per heavy atom. The zero-order valence-electron chi connectivity index (χ0n) is 15.8. The first-order valence-electron chi connectivity index (χ1n) is 8.32. The molecule has 25 heavy (non-hydrogen) atoms. The van der Waals surface area contributed by atoms with Gasteiger partial charge in [-0.2, -0.15) is 0 Å². The van der Waals surface area contributed by atoms with Crippen LogP contribution in [-0.2, 0) is 4.43 Å². The molecule has 5 heteroatoms. The fourth-order valence-corrected chi connectivity index (χ4v) is 3.76. The Labute approximate surface area is 151 Å². The highest BCUT2D eigenvalue weighted by atomic mass is 28.3. The average Bonchev–Trinajstić information content (AvgIpc) is 2.58. The molecule has 0 saturated carbocycles. The van der Waals surface area contributed by atoms with E-state index in [1.54, 1.807) is 19.4 Å². The second-order valence-corrected chi connectivity index (χ2v) is 9.36. The Bertz CT molecular complexity index is 738. The van der Waals surface area contributed by atoms with Crippen LogP contribution in [0.5, 0.6) is 5.75 Å². The van der Waals surface area contributed by atoms with Crippen molar-refractivity contribution in [3.05, 3.63) is 47.8 Å². The van der Waals surface area contributed by atoms with Gasteiger partial charge in [0.2, 0.25) is 9.04 Å². The first-order chi connectivity index (χ1) is 11.8. The van der Waals surface area contributed by atoms with E-state index in [0.717, 1.165) is 28.7 Å². The number of methoxy groups -OCH3 is 1. The summed E-state index contributed by atoms with van der Waals surface area (Å²) in [6.07, 6.45) is 4.38. The molecule has 0 bridgehead atoms. The van der Waals surface area contributed by atoms with Crippen molar-refractivity contribution in [1.82, 2.24) is 4.98 Å². The third-order valence-corrected chi connectivity index (χ3v) is 4.63. The molecule has 0 spiro atoms. The van der Waals surface area contributed by atoms with Crippen molar-refractivity contribution >= 4 is 15.3 Å². The Kier molecular flexibility index (Phi) is 6.14. The van der Waals surface area contributed by atoms with Gasteiger partial charge in [0.05, 0.1) is 13.2 Å². The topological polar surface area (TPSA) is 48.4 Å². The Morgan fingerprint density at radius 3 is 2.44 bits per heavy atom. The second kappa shape index (κ2) is 7.93. The van der Waals surface area contributed by atoms with Crippen LogP contribution < -0.4 is 4.74 Å². The van der Waals surface area contributed by atoms with Gasteiger partial charge in [0.1, 0.15) is 12.0 Å². The van der Waals surface area contributed by atoms with Crippen molar-refractivity contribution in [2.24, 2.45) is 5.41 Å². The molecule has 1 aromatic heterocycles. The van der Waals surface area contributed by atoms with Gasteiger partial charge >= 0.3 is 0 Å². The van der Waals surface area contributed by atoms with Crippen LogP contribution in [0.25, 0.3) is 11.1 Å². The molecule has 2 rings (SSSR count). The van der Waals surface area contributed by atoms with Gasteiger partial charge in [0.25, 0.3) is 0 Å². The summed E-state index contributed by atoms with van der Waals surface area (Å²) >= 11 is 0. The number of aldehydes is 1. The van der Waals surface area contributed by atoms with E-state index in [0.29, 0.717) is 5.56 Å². The van der Waals surface area contributed by atoms with E-state index in [4.69, 9.17) is 9.16 Å². The fourth-order valence-electron chi connectivity index (χ4n) is 2.81. The van der Waals surface area contributed by atoms with Gasteiger partial charge in [-0.05, 0) is 48.3 Å². The minimum atomic E-state index is -0.904. The van der Waals surface area contributed by atoms with Crippen LogP contribution in [0.15, 0.2) is 36.7 Å². The lowest BCUT2D eigenvalue weighted by Crippen LogP contribution is -2.26. The highest BCUT2D eigenvalue weighted by molar-refractivity contribution is 6.48. The van der Waals surface area contributed by atoms with E-state index in [1.165, 1.54) is 0 Å². The Balaban J connectivity index is 2.67. The molecule has 0 aliphatic heterocycles. The summed E-state index contributed by atoms with van der Waals surface area (Å²) < 4.78 is 11.9. The Hall–Kier alpha value is -1.98. The van der Waals surface area contributed by atoms with E-state index < -0.39 is 9.04 Å². The highest BCUT2D eigenvalue weighted by Crippen LogP contribution is 2.42. The van der Waals surface area contributed by atoms with Crippen LogP contribution >= 0.6 is 0 Å². The number of carbonyl (C=O) groups is 1. The molecule has 0 amide bonds. The molecule has 0 aliphatic rings. The maximum Gasteiger partial charge on any atom is 0.205 e. The van der Waals surface area contributed by atoms with Crippen molar-refractivity contribution < 1.29 is 14.0 Å². The lowest BCUT2D eigenvalue weighted by atomic mass is 9.82. The number of hydrogen-bond acceptors (Lipinski definition) is 4. The molecule has 133 valence electrons. The molecule has 1 heterocycles. The molecule has 0 N–H and O–H groups in total. The molecule has 1 aromatic carbocycles. The second-order valence-electron chi connectivity index (χ2n) is 7.31. The predicted octanol–water partition coefficient (Wildman–Crippen LogP) is 4.92. The van der Waals surface area contributed by atoms with Crippen LogP contribution in [0, 0.1) is 5.41 Å².